The highest BCUT2D eigenvalue weighted by molar-refractivity contribution is 6.01. The van der Waals surface area contributed by atoms with Gasteiger partial charge in [0.2, 0.25) is 0 Å². The number of hydrogen-bond acceptors (Lipinski definition) is 4. The molecule has 3 rings (SSSR count). The van der Waals surface area contributed by atoms with Gasteiger partial charge in [0.05, 0.1) is 25.3 Å². The predicted octanol–water partition coefficient (Wildman–Crippen LogP) is 1.53. The van der Waals surface area contributed by atoms with Gasteiger partial charge in [-0.05, 0) is 12.8 Å². The summed E-state index contributed by atoms with van der Waals surface area (Å²) in [6.45, 7) is 8.52. The average Bonchev–Trinajstić information content (AvgIpc) is 2.84. The minimum absolute atomic E-state index is 0.0489. The quantitative estimate of drug-likeness (QED) is 0.822. The van der Waals surface area contributed by atoms with Crippen LogP contribution in [0.5, 0.6) is 0 Å². The van der Waals surface area contributed by atoms with Crippen LogP contribution >= 0.6 is 0 Å². The monoisotopic (exact) mass is 276 g/mol. The molecule has 20 heavy (non-hydrogen) atoms. The van der Waals surface area contributed by atoms with Gasteiger partial charge in [0, 0.05) is 18.8 Å². The summed E-state index contributed by atoms with van der Waals surface area (Å²) in [5, 5.41) is 4.65. The van der Waals surface area contributed by atoms with Gasteiger partial charge in [-0.2, -0.15) is 5.10 Å². The van der Waals surface area contributed by atoms with Crippen molar-refractivity contribution < 1.29 is 9.53 Å². The van der Waals surface area contributed by atoms with Gasteiger partial charge >= 0.3 is 0 Å². The molecule has 2 aliphatic rings. The van der Waals surface area contributed by atoms with Crippen LogP contribution in [-0.2, 0) is 4.74 Å². The van der Waals surface area contributed by atoms with Gasteiger partial charge in [0.15, 0.2) is 5.82 Å². The van der Waals surface area contributed by atoms with Crippen LogP contribution in [-0.4, -0.2) is 47.7 Å². The zero-order valence-corrected chi connectivity index (χ0v) is 12.1. The van der Waals surface area contributed by atoms with Crippen LogP contribution in [0, 0.1) is 5.92 Å². The van der Waals surface area contributed by atoms with Crippen LogP contribution < -0.4 is 4.90 Å². The van der Waals surface area contributed by atoms with Gasteiger partial charge < -0.3 is 9.64 Å². The third kappa shape index (κ3) is 2.14. The molecule has 6 heteroatoms. The molecule has 0 spiro atoms. The van der Waals surface area contributed by atoms with Crippen molar-refractivity contribution in [1.82, 2.24) is 9.78 Å². The maximum Gasteiger partial charge on any atom is 0.295 e. The van der Waals surface area contributed by atoms with E-state index in [0.717, 1.165) is 12.4 Å². The van der Waals surface area contributed by atoms with Gasteiger partial charge in [-0.15, -0.1) is 0 Å². The lowest BCUT2D eigenvalue weighted by atomic mass is 10.0. The molecule has 1 fully saturated rings. The number of morpholine rings is 1. The number of rotatable bonds is 2. The Kier molecular flexibility index (Phi) is 3.33. The van der Waals surface area contributed by atoms with Crippen molar-refractivity contribution in [3.8, 4) is 0 Å². The van der Waals surface area contributed by atoms with Crippen LogP contribution in [0.4, 0.5) is 5.82 Å². The summed E-state index contributed by atoms with van der Waals surface area (Å²) in [7, 11) is 0. The van der Waals surface area contributed by atoms with Crippen molar-refractivity contribution in [1.29, 1.82) is 0 Å². The Morgan fingerprint density at radius 3 is 2.95 bits per heavy atom. The minimum atomic E-state index is -0.207. The normalized spacial score (nSPS) is 26.2. The van der Waals surface area contributed by atoms with E-state index in [9.17, 15) is 4.79 Å². The Balaban J connectivity index is 1.96. The third-order valence-electron chi connectivity index (χ3n) is 3.91. The molecule has 6 nitrogen and oxygen atoms in total. The summed E-state index contributed by atoms with van der Waals surface area (Å²) in [6.07, 6.45) is 1.71. The van der Waals surface area contributed by atoms with Crippen LogP contribution in [0.25, 0.3) is 0 Å². The molecule has 0 N–H and O–H groups in total. The minimum Gasteiger partial charge on any atom is -0.377 e. The number of ether oxygens (including phenoxy) is 1. The first-order chi connectivity index (χ1) is 9.58. The van der Waals surface area contributed by atoms with E-state index in [1.54, 1.807) is 6.21 Å². The van der Waals surface area contributed by atoms with Crippen LogP contribution in [0.1, 0.15) is 37.3 Å². The summed E-state index contributed by atoms with van der Waals surface area (Å²) in [4.78, 5) is 18.1. The highest BCUT2D eigenvalue weighted by atomic mass is 16.5. The van der Waals surface area contributed by atoms with E-state index in [-0.39, 0.29) is 18.0 Å². The number of anilines is 1. The van der Waals surface area contributed by atoms with E-state index >= 15 is 0 Å². The summed E-state index contributed by atoms with van der Waals surface area (Å²) in [5.41, 5.74) is 0.583. The van der Waals surface area contributed by atoms with E-state index in [4.69, 9.17) is 4.74 Å². The van der Waals surface area contributed by atoms with Crippen molar-refractivity contribution in [2.45, 2.75) is 32.9 Å². The summed E-state index contributed by atoms with van der Waals surface area (Å²) in [6, 6.07) is 2.18. The molecule has 3 heterocycles. The molecule has 0 aliphatic carbocycles. The molecule has 1 aromatic heterocycles. The van der Waals surface area contributed by atoms with Crippen molar-refractivity contribution in [3.05, 3.63) is 11.8 Å². The summed E-state index contributed by atoms with van der Waals surface area (Å²) < 4.78 is 7.27. The number of hydrogen-bond donors (Lipinski definition) is 0. The number of aromatic nitrogens is 2. The Morgan fingerprint density at radius 1 is 1.45 bits per heavy atom. The lowest BCUT2D eigenvalue weighted by Gasteiger charge is -2.33. The first kappa shape index (κ1) is 13.3. The standard InChI is InChI=1S/C14H20N4O2/c1-9(2)12-7-15-14(19)11-6-13(16-18(11)12)17-4-5-20-8-10(17)3/h6-7,9-10,12H,4-5,8H2,1-3H3/t10-,12+/m1/s1. The highest BCUT2D eigenvalue weighted by Crippen LogP contribution is 2.27. The molecular weight excluding hydrogens is 256 g/mol. The number of carbonyl (C=O) groups is 1. The van der Waals surface area contributed by atoms with Gasteiger partial charge in [-0.3, -0.25) is 4.79 Å². The SMILES string of the molecule is CC(C)[C@@H]1C=NC(=O)c2cc(N3CCOC[C@H]3C)nn21. The fourth-order valence-corrected chi connectivity index (χ4v) is 2.70. The van der Waals surface area contributed by atoms with Crippen molar-refractivity contribution >= 4 is 17.9 Å². The molecule has 1 amide bonds. The molecule has 2 aliphatic heterocycles. The van der Waals surface area contributed by atoms with Crippen LogP contribution in [0.15, 0.2) is 11.1 Å². The second-order valence-electron chi connectivity index (χ2n) is 5.77. The van der Waals surface area contributed by atoms with Crippen LogP contribution in [0.3, 0.4) is 0 Å². The Bertz CT molecular complexity index is 549. The third-order valence-corrected chi connectivity index (χ3v) is 3.91. The number of aliphatic imine (C=N–C) groups is 1. The van der Waals surface area contributed by atoms with Crippen molar-refractivity contribution in [2.75, 3.05) is 24.7 Å². The van der Waals surface area contributed by atoms with E-state index in [1.807, 2.05) is 10.7 Å². The topological polar surface area (TPSA) is 59.7 Å². The highest BCUT2D eigenvalue weighted by Gasteiger charge is 2.29. The second kappa shape index (κ2) is 5.01. The smallest absolute Gasteiger partial charge is 0.295 e. The maximum absolute atomic E-state index is 11.9. The molecule has 0 aromatic carbocycles. The number of nitrogens with zero attached hydrogens (tertiary/aromatic N) is 4. The largest absolute Gasteiger partial charge is 0.377 e. The Hall–Kier alpha value is -1.69. The fraction of sp³-hybridized carbons (Fsp3) is 0.643. The van der Waals surface area contributed by atoms with Crippen molar-refractivity contribution in [3.63, 3.8) is 0 Å². The predicted molar refractivity (Wildman–Crippen MR) is 76.6 cm³/mol. The molecule has 0 radical (unpaired) electrons. The van der Waals surface area contributed by atoms with E-state index in [1.165, 1.54) is 0 Å². The molecular formula is C14H20N4O2. The van der Waals surface area contributed by atoms with Crippen LogP contribution in [0.2, 0.25) is 0 Å². The molecule has 0 bridgehead atoms. The molecule has 108 valence electrons. The van der Waals surface area contributed by atoms with E-state index < -0.39 is 0 Å². The molecule has 0 saturated carbocycles. The Morgan fingerprint density at radius 2 is 2.25 bits per heavy atom. The lowest BCUT2D eigenvalue weighted by Crippen LogP contribution is -2.44. The van der Waals surface area contributed by atoms with Gasteiger partial charge in [0.1, 0.15) is 5.69 Å². The zero-order valence-electron chi connectivity index (χ0n) is 12.1. The Labute approximate surface area is 118 Å². The fourth-order valence-electron chi connectivity index (χ4n) is 2.70. The average molecular weight is 276 g/mol. The van der Waals surface area contributed by atoms with E-state index in [2.05, 4.69) is 35.8 Å². The lowest BCUT2D eigenvalue weighted by molar-refractivity contribution is 0.0981. The molecule has 1 aromatic rings. The maximum atomic E-state index is 11.9. The summed E-state index contributed by atoms with van der Waals surface area (Å²) in [5.74, 6) is 0.988. The molecule has 2 atom stereocenters. The van der Waals surface area contributed by atoms with Gasteiger partial charge in [0.25, 0.3) is 5.91 Å². The molecule has 1 saturated heterocycles. The first-order valence-corrected chi connectivity index (χ1v) is 7.10. The molecule has 0 unspecified atom stereocenters. The van der Waals surface area contributed by atoms with Crippen molar-refractivity contribution in [2.24, 2.45) is 10.9 Å². The second-order valence-corrected chi connectivity index (χ2v) is 5.77. The summed E-state index contributed by atoms with van der Waals surface area (Å²) >= 11 is 0. The number of carbonyl (C=O) groups excluding carboxylic acids is 1. The van der Waals surface area contributed by atoms with Gasteiger partial charge in [-0.1, -0.05) is 13.8 Å². The zero-order chi connectivity index (χ0) is 14.3. The number of amides is 1. The number of fused-ring (bicyclic) bond motifs is 1. The van der Waals surface area contributed by atoms with E-state index in [0.29, 0.717) is 24.8 Å². The van der Waals surface area contributed by atoms with Gasteiger partial charge in [-0.25, -0.2) is 9.67 Å². The first-order valence-electron chi connectivity index (χ1n) is 7.10.